The molecule has 1 heterocycles. The lowest BCUT2D eigenvalue weighted by Gasteiger charge is -2.10. The number of para-hydroxylation sites is 1. The number of amides is 2. The lowest BCUT2D eigenvalue weighted by molar-refractivity contribution is -0.137. The second-order valence-electron chi connectivity index (χ2n) is 7.88. The van der Waals surface area contributed by atoms with Gasteiger partial charge in [-0.3, -0.25) is 9.59 Å². The lowest BCUT2D eigenvalue weighted by Crippen LogP contribution is -2.27. The van der Waals surface area contributed by atoms with E-state index < -0.39 is 17.6 Å². The first-order valence-electron chi connectivity index (χ1n) is 10.9. The van der Waals surface area contributed by atoms with Crippen LogP contribution in [-0.2, 0) is 17.5 Å². The van der Waals surface area contributed by atoms with Gasteiger partial charge in [-0.1, -0.05) is 24.3 Å². The van der Waals surface area contributed by atoms with Crippen LogP contribution in [0, 0.1) is 5.82 Å². The molecular formula is C26H21F4N3O2S. The summed E-state index contributed by atoms with van der Waals surface area (Å²) in [5, 5.41) is 6.31. The van der Waals surface area contributed by atoms with E-state index in [-0.39, 0.29) is 29.6 Å². The van der Waals surface area contributed by atoms with Crippen LogP contribution in [-0.4, -0.2) is 28.7 Å². The van der Waals surface area contributed by atoms with Crippen molar-refractivity contribution in [3.05, 3.63) is 95.9 Å². The molecule has 4 aromatic rings. The molecule has 0 aliphatic rings. The average Bonchev–Trinajstić information content (AvgIpc) is 3.21. The first kappa shape index (κ1) is 25.3. The number of thioether (sulfide) groups is 1. The summed E-state index contributed by atoms with van der Waals surface area (Å²) in [5.74, 6) is -1.08. The number of alkyl halides is 3. The van der Waals surface area contributed by atoms with E-state index in [2.05, 4.69) is 10.6 Å². The van der Waals surface area contributed by atoms with Gasteiger partial charge < -0.3 is 15.2 Å². The predicted molar refractivity (Wildman–Crippen MR) is 131 cm³/mol. The molecule has 0 aliphatic heterocycles. The van der Waals surface area contributed by atoms with Crippen LogP contribution in [0.25, 0.3) is 10.9 Å². The normalized spacial score (nSPS) is 11.4. The van der Waals surface area contributed by atoms with E-state index in [4.69, 9.17) is 0 Å². The Morgan fingerprint density at radius 3 is 2.44 bits per heavy atom. The van der Waals surface area contributed by atoms with Gasteiger partial charge >= 0.3 is 6.18 Å². The van der Waals surface area contributed by atoms with Crippen molar-refractivity contribution >= 4 is 40.2 Å². The minimum absolute atomic E-state index is 0.0643. The minimum Gasteiger partial charge on any atom is -0.350 e. The van der Waals surface area contributed by atoms with Crippen LogP contribution in [0.3, 0.4) is 0 Å². The number of hydrogen-bond acceptors (Lipinski definition) is 3. The second kappa shape index (κ2) is 10.9. The number of aromatic nitrogens is 1. The van der Waals surface area contributed by atoms with E-state index in [1.165, 1.54) is 48.2 Å². The molecule has 2 amide bonds. The van der Waals surface area contributed by atoms with Gasteiger partial charge in [0.2, 0.25) is 5.91 Å². The fourth-order valence-corrected chi connectivity index (χ4v) is 4.50. The quantitative estimate of drug-likeness (QED) is 0.225. The maximum atomic E-state index is 13.0. The van der Waals surface area contributed by atoms with Gasteiger partial charge in [0.15, 0.2) is 0 Å². The van der Waals surface area contributed by atoms with Crippen molar-refractivity contribution in [1.29, 1.82) is 0 Å². The molecule has 0 aliphatic carbocycles. The Labute approximate surface area is 208 Å². The van der Waals surface area contributed by atoms with Crippen molar-refractivity contribution in [2.45, 2.75) is 17.6 Å². The first-order chi connectivity index (χ1) is 17.2. The smallest absolute Gasteiger partial charge is 0.350 e. The number of halogens is 4. The van der Waals surface area contributed by atoms with Gasteiger partial charge in [-0.15, -0.1) is 11.8 Å². The fourth-order valence-electron chi connectivity index (χ4n) is 3.62. The number of hydrogen-bond donors (Lipinski definition) is 2. The second-order valence-corrected chi connectivity index (χ2v) is 8.90. The van der Waals surface area contributed by atoms with Crippen molar-refractivity contribution in [1.82, 2.24) is 9.88 Å². The number of carbonyl (C=O) groups excluding carboxylic acids is 2. The third-order valence-corrected chi connectivity index (χ3v) is 6.37. The maximum Gasteiger partial charge on any atom is 0.416 e. The van der Waals surface area contributed by atoms with Crippen LogP contribution in [0.2, 0.25) is 0 Å². The zero-order valence-electron chi connectivity index (χ0n) is 18.8. The number of nitrogens with one attached hydrogen (secondary N) is 2. The van der Waals surface area contributed by atoms with Crippen LogP contribution < -0.4 is 10.6 Å². The van der Waals surface area contributed by atoms with E-state index in [0.29, 0.717) is 12.2 Å². The van der Waals surface area contributed by atoms with E-state index in [1.807, 2.05) is 35.0 Å². The summed E-state index contributed by atoms with van der Waals surface area (Å²) >= 11 is 1.34. The van der Waals surface area contributed by atoms with Gasteiger partial charge in [-0.2, -0.15) is 13.2 Å². The molecule has 0 unspecified atom stereocenters. The highest BCUT2D eigenvalue weighted by Crippen LogP contribution is 2.31. The molecule has 1 aromatic heterocycles. The maximum absolute atomic E-state index is 13.0. The van der Waals surface area contributed by atoms with E-state index in [9.17, 15) is 27.2 Å². The van der Waals surface area contributed by atoms with E-state index in [0.717, 1.165) is 27.9 Å². The molecule has 3 aromatic carbocycles. The molecule has 0 atom stereocenters. The zero-order valence-corrected chi connectivity index (χ0v) is 19.6. The van der Waals surface area contributed by atoms with Gasteiger partial charge in [-0.05, 0) is 48.5 Å². The van der Waals surface area contributed by atoms with E-state index >= 15 is 0 Å². The summed E-state index contributed by atoms with van der Waals surface area (Å²) in [6, 6.07) is 17.4. The summed E-state index contributed by atoms with van der Waals surface area (Å²) in [7, 11) is 0. The SMILES string of the molecule is O=C(CSc1cn(CCNC(=O)c2cccc(C(F)(F)F)c2)c2ccccc12)Nc1ccc(F)cc1. The largest absolute Gasteiger partial charge is 0.416 e. The highest BCUT2D eigenvalue weighted by Gasteiger charge is 2.30. The number of nitrogens with zero attached hydrogens (tertiary/aromatic N) is 1. The Balaban J connectivity index is 1.38. The van der Waals surface area contributed by atoms with Gasteiger partial charge in [0, 0.05) is 46.3 Å². The van der Waals surface area contributed by atoms with Crippen LogP contribution in [0.1, 0.15) is 15.9 Å². The molecule has 0 spiro atoms. The average molecular weight is 516 g/mol. The Morgan fingerprint density at radius 1 is 0.944 bits per heavy atom. The van der Waals surface area contributed by atoms with Crippen LogP contribution in [0.5, 0.6) is 0 Å². The van der Waals surface area contributed by atoms with Crippen LogP contribution in [0.4, 0.5) is 23.2 Å². The highest BCUT2D eigenvalue weighted by atomic mass is 32.2. The molecule has 2 N–H and O–H groups in total. The Hall–Kier alpha value is -3.79. The predicted octanol–water partition coefficient (Wildman–Crippen LogP) is 5.96. The molecule has 10 heteroatoms. The number of benzene rings is 3. The molecule has 0 saturated heterocycles. The summed E-state index contributed by atoms with van der Waals surface area (Å²) in [5.41, 5.74) is 0.454. The molecule has 0 radical (unpaired) electrons. The number of rotatable bonds is 8. The summed E-state index contributed by atoms with van der Waals surface area (Å²) in [4.78, 5) is 25.6. The first-order valence-corrected chi connectivity index (χ1v) is 11.9. The van der Waals surface area contributed by atoms with Crippen molar-refractivity contribution in [3.8, 4) is 0 Å². The Kier molecular flexibility index (Phi) is 7.64. The van der Waals surface area contributed by atoms with Gasteiger partial charge in [-0.25, -0.2) is 4.39 Å². The molecule has 0 saturated carbocycles. The highest BCUT2D eigenvalue weighted by molar-refractivity contribution is 8.00. The molecule has 4 rings (SSSR count). The number of anilines is 1. The Bertz CT molecular complexity index is 1380. The molecule has 36 heavy (non-hydrogen) atoms. The topological polar surface area (TPSA) is 63.1 Å². The van der Waals surface area contributed by atoms with Gasteiger partial charge in [0.25, 0.3) is 5.91 Å². The van der Waals surface area contributed by atoms with E-state index in [1.54, 1.807) is 0 Å². The minimum atomic E-state index is -4.52. The summed E-state index contributed by atoms with van der Waals surface area (Å²) in [6.07, 6.45) is -2.65. The molecule has 5 nitrogen and oxygen atoms in total. The monoisotopic (exact) mass is 515 g/mol. The van der Waals surface area contributed by atoms with Crippen molar-refractivity contribution in [2.24, 2.45) is 0 Å². The summed E-state index contributed by atoms with van der Waals surface area (Å²) in [6.45, 7) is 0.580. The fraction of sp³-hybridized carbons (Fsp3) is 0.154. The third kappa shape index (κ3) is 6.25. The van der Waals surface area contributed by atoms with Crippen molar-refractivity contribution in [2.75, 3.05) is 17.6 Å². The zero-order chi connectivity index (χ0) is 25.7. The van der Waals surface area contributed by atoms with Crippen LogP contribution in [0.15, 0.2) is 83.9 Å². The standard InChI is InChI=1S/C26H21F4N3O2S/c27-19-8-10-20(11-9-19)32-24(34)16-36-23-15-33(22-7-2-1-6-21(22)23)13-12-31-25(35)17-4-3-5-18(14-17)26(28,29)30/h1-11,14-15H,12-13,16H2,(H,31,35)(H,32,34). The number of carbonyl (C=O) groups is 2. The van der Waals surface area contributed by atoms with Gasteiger partial charge in [0.1, 0.15) is 5.82 Å². The third-order valence-electron chi connectivity index (χ3n) is 5.33. The van der Waals surface area contributed by atoms with Crippen LogP contribution >= 0.6 is 11.8 Å². The molecule has 0 bridgehead atoms. The molecular weight excluding hydrogens is 494 g/mol. The number of fused-ring (bicyclic) bond motifs is 1. The van der Waals surface area contributed by atoms with Gasteiger partial charge in [0.05, 0.1) is 11.3 Å². The molecule has 186 valence electrons. The van der Waals surface area contributed by atoms with Crippen molar-refractivity contribution in [3.63, 3.8) is 0 Å². The summed E-state index contributed by atoms with van der Waals surface area (Å²) < 4.78 is 53.7. The Morgan fingerprint density at radius 2 is 1.69 bits per heavy atom. The lowest BCUT2D eigenvalue weighted by atomic mass is 10.1. The molecule has 0 fully saturated rings. The van der Waals surface area contributed by atoms with Crippen molar-refractivity contribution < 1.29 is 27.2 Å².